The molecule has 0 aromatic heterocycles. The Hall–Kier alpha value is -1.39. The van der Waals surface area contributed by atoms with E-state index in [0.29, 0.717) is 30.7 Å². The van der Waals surface area contributed by atoms with Crippen LogP contribution in [0.3, 0.4) is 0 Å². The predicted molar refractivity (Wildman–Crippen MR) is 92.0 cm³/mol. The number of rotatable bonds is 4. The van der Waals surface area contributed by atoms with Crippen LogP contribution < -0.4 is 5.43 Å². The zero-order chi connectivity index (χ0) is 16.8. The Kier molecular flexibility index (Phi) is 6.60. The van der Waals surface area contributed by atoms with Gasteiger partial charge in [0.2, 0.25) is 5.91 Å². The van der Waals surface area contributed by atoms with Crippen molar-refractivity contribution in [2.75, 3.05) is 13.1 Å². The van der Waals surface area contributed by atoms with Gasteiger partial charge in [0, 0.05) is 24.6 Å². The van der Waals surface area contributed by atoms with E-state index < -0.39 is 0 Å². The van der Waals surface area contributed by atoms with Crippen LogP contribution in [0.1, 0.15) is 65.7 Å². The molecule has 130 valence electrons. The van der Waals surface area contributed by atoms with Gasteiger partial charge in [-0.2, -0.15) is 5.10 Å². The first-order valence-corrected chi connectivity index (χ1v) is 9.10. The fraction of sp³-hybridized carbons (Fsp3) is 0.833. The highest BCUT2D eigenvalue weighted by Crippen LogP contribution is 2.31. The van der Waals surface area contributed by atoms with E-state index in [4.69, 9.17) is 0 Å². The van der Waals surface area contributed by atoms with Crippen LogP contribution in [0.2, 0.25) is 0 Å². The first-order valence-electron chi connectivity index (χ1n) is 9.10. The molecule has 2 amide bonds. The molecular formula is C18H31N3O2. The SMILES string of the molecule is CC1CCC(C(C)C)/C(=N/NC(=O)CN2CCCCCC2=O)C1. The minimum absolute atomic E-state index is 0.0941. The van der Waals surface area contributed by atoms with Gasteiger partial charge < -0.3 is 4.90 Å². The molecule has 0 aromatic carbocycles. The molecule has 1 heterocycles. The molecule has 2 unspecified atom stereocenters. The summed E-state index contributed by atoms with van der Waals surface area (Å²) in [6, 6.07) is 0. The molecule has 0 spiro atoms. The quantitative estimate of drug-likeness (QED) is 0.809. The first-order chi connectivity index (χ1) is 11.0. The molecule has 2 fully saturated rings. The lowest BCUT2D eigenvalue weighted by molar-refractivity contribution is -0.135. The van der Waals surface area contributed by atoms with Crippen molar-refractivity contribution in [3.05, 3.63) is 0 Å². The van der Waals surface area contributed by atoms with Crippen molar-refractivity contribution in [1.82, 2.24) is 10.3 Å². The Morgan fingerprint density at radius 2 is 2.09 bits per heavy atom. The largest absolute Gasteiger partial charge is 0.333 e. The van der Waals surface area contributed by atoms with Gasteiger partial charge in [-0.05, 0) is 43.9 Å². The summed E-state index contributed by atoms with van der Waals surface area (Å²) < 4.78 is 0. The minimum Gasteiger partial charge on any atom is -0.333 e. The topological polar surface area (TPSA) is 61.8 Å². The third-order valence-corrected chi connectivity index (χ3v) is 5.09. The van der Waals surface area contributed by atoms with Crippen LogP contribution in [0.5, 0.6) is 0 Å². The lowest BCUT2D eigenvalue weighted by Gasteiger charge is -2.30. The fourth-order valence-electron chi connectivity index (χ4n) is 3.64. The molecule has 5 nitrogen and oxygen atoms in total. The lowest BCUT2D eigenvalue weighted by atomic mass is 9.76. The predicted octanol–water partition coefficient (Wildman–Crippen LogP) is 2.95. The molecule has 1 saturated heterocycles. The summed E-state index contributed by atoms with van der Waals surface area (Å²) in [6.45, 7) is 7.50. The smallest absolute Gasteiger partial charge is 0.259 e. The van der Waals surface area contributed by atoms with Gasteiger partial charge in [0.1, 0.15) is 6.54 Å². The number of amides is 2. The number of nitrogens with zero attached hydrogens (tertiary/aromatic N) is 2. The van der Waals surface area contributed by atoms with E-state index in [9.17, 15) is 9.59 Å². The lowest BCUT2D eigenvalue weighted by Crippen LogP contribution is -2.40. The number of hydrazone groups is 1. The first kappa shape index (κ1) is 18.0. The summed E-state index contributed by atoms with van der Waals surface area (Å²) >= 11 is 0. The van der Waals surface area contributed by atoms with Crippen LogP contribution in [-0.2, 0) is 9.59 Å². The maximum absolute atomic E-state index is 12.2. The second-order valence-electron chi connectivity index (χ2n) is 7.50. The number of carbonyl (C=O) groups excluding carboxylic acids is 2. The average molecular weight is 321 g/mol. The summed E-state index contributed by atoms with van der Waals surface area (Å²) in [5, 5.41) is 4.43. The Morgan fingerprint density at radius 3 is 2.83 bits per heavy atom. The molecule has 1 aliphatic heterocycles. The van der Waals surface area contributed by atoms with Crippen molar-refractivity contribution in [2.45, 2.75) is 65.7 Å². The summed E-state index contributed by atoms with van der Waals surface area (Å²) in [6.07, 6.45) is 6.91. The Bertz CT molecular complexity index is 459. The van der Waals surface area contributed by atoms with Gasteiger partial charge in [0.25, 0.3) is 5.91 Å². The summed E-state index contributed by atoms with van der Waals surface area (Å²) in [4.78, 5) is 25.8. The molecule has 2 aliphatic rings. The van der Waals surface area contributed by atoms with Crippen molar-refractivity contribution in [2.24, 2.45) is 22.9 Å². The van der Waals surface area contributed by atoms with Gasteiger partial charge in [-0.1, -0.05) is 27.2 Å². The summed E-state index contributed by atoms with van der Waals surface area (Å²) in [5.74, 6) is 1.56. The van der Waals surface area contributed by atoms with Crippen LogP contribution in [0.4, 0.5) is 0 Å². The van der Waals surface area contributed by atoms with Gasteiger partial charge >= 0.3 is 0 Å². The van der Waals surface area contributed by atoms with Crippen molar-refractivity contribution in [3.63, 3.8) is 0 Å². The number of carbonyl (C=O) groups is 2. The van der Waals surface area contributed by atoms with Gasteiger partial charge in [-0.15, -0.1) is 0 Å². The Morgan fingerprint density at radius 1 is 1.30 bits per heavy atom. The number of nitrogens with one attached hydrogen (secondary N) is 1. The molecule has 0 aromatic rings. The maximum atomic E-state index is 12.2. The van der Waals surface area contributed by atoms with Crippen molar-refractivity contribution in [3.8, 4) is 0 Å². The van der Waals surface area contributed by atoms with Gasteiger partial charge in [0.15, 0.2) is 0 Å². The van der Waals surface area contributed by atoms with E-state index in [1.54, 1.807) is 4.90 Å². The van der Waals surface area contributed by atoms with Gasteiger partial charge in [-0.25, -0.2) is 5.43 Å². The molecule has 23 heavy (non-hydrogen) atoms. The molecule has 1 saturated carbocycles. The van der Waals surface area contributed by atoms with Crippen molar-refractivity contribution in [1.29, 1.82) is 0 Å². The number of hydrogen-bond acceptors (Lipinski definition) is 3. The molecular weight excluding hydrogens is 290 g/mol. The monoisotopic (exact) mass is 321 g/mol. The number of hydrogen-bond donors (Lipinski definition) is 1. The van der Waals surface area contributed by atoms with E-state index >= 15 is 0 Å². The average Bonchev–Trinajstić information content (AvgIpc) is 2.70. The van der Waals surface area contributed by atoms with E-state index in [1.807, 2.05) is 0 Å². The zero-order valence-corrected chi connectivity index (χ0v) is 14.8. The van der Waals surface area contributed by atoms with Crippen LogP contribution in [0, 0.1) is 17.8 Å². The summed E-state index contributed by atoms with van der Waals surface area (Å²) in [7, 11) is 0. The second-order valence-corrected chi connectivity index (χ2v) is 7.50. The maximum Gasteiger partial charge on any atom is 0.259 e. The van der Waals surface area contributed by atoms with E-state index in [1.165, 1.54) is 6.42 Å². The third-order valence-electron chi connectivity index (χ3n) is 5.09. The minimum atomic E-state index is -0.173. The van der Waals surface area contributed by atoms with Crippen molar-refractivity contribution >= 4 is 17.5 Å². The van der Waals surface area contributed by atoms with Gasteiger partial charge in [0.05, 0.1) is 0 Å². The Labute approximate surface area is 139 Å². The molecule has 2 atom stereocenters. The molecule has 1 N–H and O–H groups in total. The summed E-state index contributed by atoms with van der Waals surface area (Å²) in [5.41, 5.74) is 3.82. The molecule has 2 rings (SSSR count). The number of likely N-dealkylation sites (tertiary alicyclic amines) is 1. The van der Waals surface area contributed by atoms with Crippen LogP contribution in [-0.4, -0.2) is 35.5 Å². The highest BCUT2D eigenvalue weighted by atomic mass is 16.2. The van der Waals surface area contributed by atoms with E-state index in [0.717, 1.165) is 37.8 Å². The zero-order valence-electron chi connectivity index (χ0n) is 14.8. The highest BCUT2D eigenvalue weighted by Gasteiger charge is 2.27. The van der Waals surface area contributed by atoms with Crippen LogP contribution in [0.15, 0.2) is 5.10 Å². The van der Waals surface area contributed by atoms with Gasteiger partial charge in [-0.3, -0.25) is 9.59 Å². The highest BCUT2D eigenvalue weighted by molar-refractivity contribution is 5.90. The third kappa shape index (κ3) is 5.33. The van der Waals surface area contributed by atoms with Crippen LogP contribution >= 0.6 is 0 Å². The Balaban J connectivity index is 1.91. The molecule has 5 heteroatoms. The van der Waals surface area contributed by atoms with E-state index in [2.05, 4.69) is 31.3 Å². The van der Waals surface area contributed by atoms with Crippen LogP contribution in [0.25, 0.3) is 0 Å². The van der Waals surface area contributed by atoms with E-state index in [-0.39, 0.29) is 18.4 Å². The normalized spacial score (nSPS) is 28.1. The standard InChI is InChI=1S/C18H31N3O2/c1-13(2)15-9-8-14(3)11-16(15)19-20-17(22)12-21-10-6-4-5-7-18(21)23/h13-15H,4-12H2,1-3H3,(H,20,22)/b19-16+. The molecule has 0 radical (unpaired) electrons. The molecule has 0 bridgehead atoms. The fourth-order valence-corrected chi connectivity index (χ4v) is 3.64. The van der Waals surface area contributed by atoms with Crippen molar-refractivity contribution < 1.29 is 9.59 Å². The molecule has 1 aliphatic carbocycles. The second kappa shape index (κ2) is 8.46.